The summed E-state index contributed by atoms with van der Waals surface area (Å²) in [6.07, 6.45) is 0. The lowest BCUT2D eigenvalue weighted by molar-refractivity contribution is 0.0973. The maximum absolute atomic E-state index is 12.4. The van der Waals surface area contributed by atoms with E-state index < -0.39 is 0 Å². The fraction of sp³-hybridized carbons (Fsp3) is 0.222. The van der Waals surface area contributed by atoms with Crippen LogP contribution in [0.1, 0.15) is 24.2 Å². The molecule has 0 saturated heterocycles. The van der Waals surface area contributed by atoms with Gasteiger partial charge in [-0.3, -0.25) is 10.1 Å². The van der Waals surface area contributed by atoms with E-state index in [0.29, 0.717) is 29.5 Å². The molecule has 0 heterocycles. The van der Waals surface area contributed by atoms with Crippen LogP contribution in [-0.4, -0.2) is 22.7 Å². The van der Waals surface area contributed by atoms with E-state index in [4.69, 9.17) is 17.0 Å². The molecule has 2 aromatic carbocycles. The predicted molar refractivity (Wildman–Crippen MR) is 98.6 cm³/mol. The normalized spacial score (nSPS) is 10.3. The molecule has 0 atom stereocenters. The first-order chi connectivity index (χ1) is 11.5. The summed E-state index contributed by atoms with van der Waals surface area (Å²) in [6.45, 7) is 4.61. The summed E-state index contributed by atoms with van der Waals surface area (Å²) >= 11 is 5.15. The lowest BCUT2D eigenvalue weighted by Crippen LogP contribution is -2.34. The molecule has 0 unspecified atom stereocenters. The molecule has 0 radical (unpaired) electrons. The number of para-hydroxylation sites is 1. The molecule has 0 aromatic heterocycles. The summed E-state index contributed by atoms with van der Waals surface area (Å²) in [5, 5.41) is 14.9. The van der Waals surface area contributed by atoms with E-state index in [2.05, 4.69) is 10.6 Å². The van der Waals surface area contributed by atoms with Gasteiger partial charge in [0.25, 0.3) is 5.91 Å². The Hall–Kier alpha value is -2.60. The van der Waals surface area contributed by atoms with Gasteiger partial charge in [0.1, 0.15) is 11.5 Å². The standard InChI is InChI=1S/C18H20N2O3S/c1-12(2)11-23-16-6-4-3-5-15(16)17(22)20-18(24)19-13-7-9-14(21)10-8-13/h3-10,12,21H,11H2,1-2H3,(H2,19,20,22,24). The summed E-state index contributed by atoms with van der Waals surface area (Å²) in [5.74, 6) is 0.701. The molecule has 2 aromatic rings. The van der Waals surface area contributed by atoms with Gasteiger partial charge in [-0.15, -0.1) is 0 Å². The van der Waals surface area contributed by atoms with Crippen LogP contribution in [0.2, 0.25) is 0 Å². The minimum atomic E-state index is -0.342. The smallest absolute Gasteiger partial charge is 0.261 e. The van der Waals surface area contributed by atoms with Crippen molar-refractivity contribution in [3.63, 3.8) is 0 Å². The topological polar surface area (TPSA) is 70.6 Å². The Morgan fingerprint density at radius 2 is 1.83 bits per heavy atom. The Kier molecular flexibility index (Phi) is 6.14. The quantitative estimate of drug-likeness (QED) is 0.571. The van der Waals surface area contributed by atoms with E-state index in [0.717, 1.165) is 0 Å². The third-order valence-electron chi connectivity index (χ3n) is 3.06. The van der Waals surface area contributed by atoms with Crippen LogP contribution in [0.25, 0.3) is 0 Å². The number of amides is 1. The third kappa shape index (κ3) is 5.24. The summed E-state index contributed by atoms with van der Waals surface area (Å²) in [6, 6.07) is 13.4. The van der Waals surface area contributed by atoms with Crippen LogP contribution in [0, 0.1) is 5.92 Å². The molecule has 0 bridgehead atoms. The van der Waals surface area contributed by atoms with E-state index in [1.165, 1.54) is 12.1 Å². The summed E-state index contributed by atoms with van der Waals surface area (Å²) < 4.78 is 5.68. The highest BCUT2D eigenvalue weighted by atomic mass is 32.1. The van der Waals surface area contributed by atoms with E-state index in [-0.39, 0.29) is 16.8 Å². The molecule has 0 aliphatic carbocycles. The van der Waals surface area contributed by atoms with Gasteiger partial charge >= 0.3 is 0 Å². The second-order valence-corrected chi connectivity index (χ2v) is 6.06. The fourth-order valence-corrected chi connectivity index (χ4v) is 2.12. The van der Waals surface area contributed by atoms with Crippen molar-refractivity contribution in [3.05, 3.63) is 54.1 Å². The Morgan fingerprint density at radius 1 is 1.17 bits per heavy atom. The van der Waals surface area contributed by atoms with Crippen LogP contribution in [0.15, 0.2) is 48.5 Å². The molecular formula is C18H20N2O3S. The molecule has 3 N–H and O–H groups in total. The minimum absolute atomic E-state index is 0.159. The number of thiocarbonyl (C=S) groups is 1. The number of benzene rings is 2. The van der Waals surface area contributed by atoms with Crippen LogP contribution in [0.4, 0.5) is 5.69 Å². The number of hydrogen-bond donors (Lipinski definition) is 3. The van der Waals surface area contributed by atoms with Gasteiger partial charge in [-0.05, 0) is 54.5 Å². The van der Waals surface area contributed by atoms with Crippen molar-refractivity contribution in [2.45, 2.75) is 13.8 Å². The first kappa shape index (κ1) is 17.7. The number of rotatable bonds is 5. The predicted octanol–water partition coefficient (Wildman–Crippen LogP) is 3.55. The lowest BCUT2D eigenvalue weighted by atomic mass is 10.2. The van der Waals surface area contributed by atoms with Crippen molar-refractivity contribution >= 4 is 28.9 Å². The molecule has 1 amide bonds. The molecule has 0 saturated carbocycles. The average Bonchev–Trinajstić information content (AvgIpc) is 2.55. The Labute approximate surface area is 146 Å². The van der Waals surface area contributed by atoms with E-state index in [1.54, 1.807) is 30.3 Å². The van der Waals surface area contributed by atoms with Crippen LogP contribution in [0.5, 0.6) is 11.5 Å². The molecule has 6 heteroatoms. The number of phenolic OH excluding ortho intramolecular Hbond substituents is 1. The van der Waals surface area contributed by atoms with E-state index in [1.807, 2.05) is 19.9 Å². The SMILES string of the molecule is CC(C)COc1ccccc1C(=O)NC(=S)Nc1ccc(O)cc1. The maximum atomic E-state index is 12.4. The molecule has 5 nitrogen and oxygen atoms in total. The number of aromatic hydroxyl groups is 1. The van der Waals surface area contributed by atoms with Crippen molar-refractivity contribution in [2.24, 2.45) is 5.92 Å². The van der Waals surface area contributed by atoms with Crippen molar-refractivity contribution in [1.82, 2.24) is 5.32 Å². The second-order valence-electron chi connectivity index (χ2n) is 5.66. The van der Waals surface area contributed by atoms with Crippen molar-refractivity contribution in [3.8, 4) is 11.5 Å². The van der Waals surface area contributed by atoms with Crippen molar-refractivity contribution in [2.75, 3.05) is 11.9 Å². The van der Waals surface area contributed by atoms with Crippen LogP contribution in [-0.2, 0) is 0 Å². The van der Waals surface area contributed by atoms with Gasteiger partial charge in [0.15, 0.2) is 5.11 Å². The van der Waals surface area contributed by atoms with E-state index in [9.17, 15) is 9.90 Å². The monoisotopic (exact) mass is 344 g/mol. The fourth-order valence-electron chi connectivity index (χ4n) is 1.91. The lowest BCUT2D eigenvalue weighted by Gasteiger charge is -2.14. The second kappa shape index (κ2) is 8.31. The summed E-state index contributed by atoms with van der Waals surface area (Å²) in [4.78, 5) is 12.4. The van der Waals surface area contributed by atoms with Gasteiger partial charge in [0.05, 0.1) is 12.2 Å². The number of anilines is 1. The van der Waals surface area contributed by atoms with Gasteiger partial charge in [-0.2, -0.15) is 0 Å². The number of phenols is 1. The number of nitrogens with one attached hydrogen (secondary N) is 2. The summed E-state index contributed by atoms with van der Waals surface area (Å²) in [7, 11) is 0. The van der Waals surface area contributed by atoms with Gasteiger partial charge < -0.3 is 15.2 Å². The van der Waals surface area contributed by atoms with Gasteiger partial charge in [-0.1, -0.05) is 26.0 Å². The molecule has 2 rings (SSSR count). The number of ether oxygens (including phenoxy) is 1. The first-order valence-electron chi connectivity index (χ1n) is 7.59. The number of carbonyl (C=O) groups excluding carboxylic acids is 1. The Balaban J connectivity index is 2.01. The molecular weight excluding hydrogens is 324 g/mol. The highest BCUT2D eigenvalue weighted by Gasteiger charge is 2.14. The number of hydrogen-bond acceptors (Lipinski definition) is 4. The first-order valence-corrected chi connectivity index (χ1v) is 7.99. The number of carbonyl (C=O) groups is 1. The highest BCUT2D eigenvalue weighted by Crippen LogP contribution is 2.19. The van der Waals surface area contributed by atoms with Crippen LogP contribution in [0.3, 0.4) is 0 Å². The molecule has 0 spiro atoms. The van der Waals surface area contributed by atoms with Gasteiger partial charge in [-0.25, -0.2) is 0 Å². The summed E-state index contributed by atoms with van der Waals surface area (Å²) in [5.41, 5.74) is 1.09. The molecule has 24 heavy (non-hydrogen) atoms. The molecule has 0 fully saturated rings. The van der Waals surface area contributed by atoms with Crippen molar-refractivity contribution < 1.29 is 14.6 Å². The zero-order valence-corrected chi connectivity index (χ0v) is 14.4. The molecule has 0 aliphatic heterocycles. The maximum Gasteiger partial charge on any atom is 0.261 e. The zero-order chi connectivity index (χ0) is 17.5. The minimum Gasteiger partial charge on any atom is -0.508 e. The molecule has 126 valence electrons. The Morgan fingerprint density at radius 3 is 2.50 bits per heavy atom. The van der Waals surface area contributed by atoms with Crippen LogP contribution >= 0.6 is 12.2 Å². The van der Waals surface area contributed by atoms with Crippen molar-refractivity contribution in [1.29, 1.82) is 0 Å². The van der Waals surface area contributed by atoms with Gasteiger partial charge in [0.2, 0.25) is 0 Å². The highest BCUT2D eigenvalue weighted by molar-refractivity contribution is 7.80. The molecule has 0 aliphatic rings. The third-order valence-corrected chi connectivity index (χ3v) is 3.26. The Bertz CT molecular complexity index is 714. The van der Waals surface area contributed by atoms with Gasteiger partial charge in [0, 0.05) is 5.69 Å². The largest absolute Gasteiger partial charge is 0.508 e. The average molecular weight is 344 g/mol. The zero-order valence-electron chi connectivity index (χ0n) is 13.6. The van der Waals surface area contributed by atoms with Crippen LogP contribution < -0.4 is 15.4 Å². The van der Waals surface area contributed by atoms with E-state index >= 15 is 0 Å².